The molecule has 0 bridgehead atoms. The Labute approximate surface area is 94.0 Å². The first-order chi connectivity index (χ1) is 7.25. The van der Waals surface area contributed by atoms with Gasteiger partial charge in [-0.25, -0.2) is 0 Å². The van der Waals surface area contributed by atoms with E-state index in [9.17, 15) is 0 Å². The molecule has 2 rings (SSSR count). The van der Waals surface area contributed by atoms with E-state index in [4.69, 9.17) is 0 Å². The maximum atomic E-state index is 2.64. The SMILES string of the molecule is CC1CN(C)CCN1CN1CCCCC1. The molecule has 2 saturated heterocycles. The van der Waals surface area contributed by atoms with E-state index in [1.54, 1.807) is 0 Å². The summed E-state index contributed by atoms with van der Waals surface area (Å²) in [5.41, 5.74) is 0. The third-order valence-electron chi connectivity index (χ3n) is 3.80. The van der Waals surface area contributed by atoms with Gasteiger partial charge in [-0.15, -0.1) is 0 Å². The summed E-state index contributed by atoms with van der Waals surface area (Å²) in [5.74, 6) is 0. The predicted molar refractivity (Wildman–Crippen MR) is 64.0 cm³/mol. The lowest BCUT2D eigenvalue weighted by molar-refractivity contribution is 0.0370. The van der Waals surface area contributed by atoms with Gasteiger partial charge in [0.05, 0.1) is 6.67 Å². The van der Waals surface area contributed by atoms with E-state index in [2.05, 4.69) is 28.7 Å². The highest BCUT2D eigenvalue weighted by atomic mass is 15.4. The summed E-state index contributed by atoms with van der Waals surface area (Å²) >= 11 is 0. The Bertz CT molecular complexity index is 189. The van der Waals surface area contributed by atoms with Crippen molar-refractivity contribution in [3.05, 3.63) is 0 Å². The number of likely N-dealkylation sites (N-methyl/N-ethyl adjacent to an activating group) is 1. The summed E-state index contributed by atoms with van der Waals surface area (Å²) in [5, 5.41) is 0. The standard InChI is InChI=1S/C12H25N3/c1-12-10-13(2)8-9-15(12)11-14-6-4-3-5-7-14/h12H,3-11H2,1-2H3. The van der Waals surface area contributed by atoms with Crippen LogP contribution in [0.1, 0.15) is 26.2 Å². The highest BCUT2D eigenvalue weighted by molar-refractivity contribution is 4.78. The van der Waals surface area contributed by atoms with Crippen molar-refractivity contribution in [2.75, 3.05) is 46.4 Å². The van der Waals surface area contributed by atoms with Crippen LogP contribution < -0.4 is 0 Å². The van der Waals surface area contributed by atoms with Gasteiger partial charge in [-0.05, 0) is 39.9 Å². The minimum atomic E-state index is 0.727. The summed E-state index contributed by atoms with van der Waals surface area (Å²) in [6.45, 7) is 9.91. The molecule has 3 heteroatoms. The van der Waals surface area contributed by atoms with Crippen molar-refractivity contribution in [2.45, 2.75) is 32.2 Å². The normalized spacial score (nSPS) is 32.0. The molecule has 0 aliphatic carbocycles. The van der Waals surface area contributed by atoms with Crippen LogP contribution in [0, 0.1) is 0 Å². The van der Waals surface area contributed by atoms with E-state index >= 15 is 0 Å². The smallest absolute Gasteiger partial charge is 0.0509 e. The van der Waals surface area contributed by atoms with Crippen LogP contribution in [-0.4, -0.2) is 67.2 Å². The minimum absolute atomic E-state index is 0.727. The van der Waals surface area contributed by atoms with Crippen LogP contribution in [0.3, 0.4) is 0 Å². The maximum absolute atomic E-state index is 2.64. The van der Waals surface area contributed by atoms with Crippen molar-refractivity contribution in [1.29, 1.82) is 0 Å². The van der Waals surface area contributed by atoms with E-state index in [0.29, 0.717) is 0 Å². The lowest BCUT2D eigenvalue weighted by atomic mass is 10.1. The first-order valence-corrected chi connectivity index (χ1v) is 6.40. The molecule has 2 fully saturated rings. The number of hydrogen-bond donors (Lipinski definition) is 0. The zero-order chi connectivity index (χ0) is 10.7. The summed E-state index contributed by atoms with van der Waals surface area (Å²) in [7, 11) is 2.23. The molecule has 0 radical (unpaired) electrons. The number of hydrogen-bond acceptors (Lipinski definition) is 3. The van der Waals surface area contributed by atoms with Gasteiger partial charge >= 0.3 is 0 Å². The van der Waals surface area contributed by atoms with Crippen molar-refractivity contribution in [3.63, 3.8) is 0 Å². The second kappa shape index (κ2) is 5.28. The molecule has 2 heterocycles. The van der Waals surface area contributed by atoms with Gasteiger partial charge < -0.3 is 4.90 Å². The third kappa shape index (κ3) is 3.16. The van der Waals surface area contributed by atoms with E-state index in [1.165, 1.54) is 58.7 Å². The van der Waals surface area contributed by atoms with Crippen LogP contribution in [-0.2, 0) is 0 Å². The van der Waals surface area contributed by atoms with Gasteiger partial charge in [-0.3, -0.25) is 9.80 Å². The number of rotatable bonds is 2. The molecule has 1 unspecified atom stereocenters. The molecular weight excluding hydrogens is 186 g/mol. The van der Waals surface area contributed by atoms with Crippen LogP contribution in [0.25, 0.3) is 0 Å². The Hall–Kier alpha value is -0.120. The number of likely N-dealkylation sites (tertiary alicyclic amines) is 1. The van der Waals surface area contributed by atoms with Crippen molar-refractivity contribution >= 4 is 0 Å². The Balaban J connectivity index is 1.77. The zero-order valence-electron chi connectivity index (χ0n) is 10.3. The maximum Gasteiger partial charge on any atom is 0.0509 e. The molecule has 0 saturated carbocycles. The van der Waals surface area contributed by atoms with E-state index in [0.717, 1.165) is 6.04 Å². The molecule has 2 aliphatic heterocycles. The third-order valence-corrected chi connectivity index (χ3v) is 3.80. The quantitative estimate of drug-likeness (QED) is 0.676. The van der Waals surface area contributed by atoms with Gasteiger partial charge in [-0.1, -0.05) is 6.42 Å². The summed E-state index contributed by atoms with van der Waals surface area (Å²) in [6.07, 6.45) is 4.25. The van der Waals surface area contributed by atoms with Crippen LogP contribution in [0.15, 0.2) is 0 Å². The Morgan fingerprint density at radius 2 is 1.73 bits per heavy atom. The van der Waals surface area contributed by atoms with E-state index < -0.39 is 0 Å². The zero-order valence-corrected chi connectivity index (χ0v) is 10.3. The fourth-order valence-corrected chi connectivity index (χ4v) is 2.75. The second-order valence-electron chi connectivity index (χ2n) is 5.24. The molecule has 0 N–H and O–H groups in total. The highest BCUT2D eigenvalue weighted by Gasteiger charge is 2.23. The monoisotopic (exact) mass is 211 g/mol. The minimum Gasteiger partial charge on any atom is -0.304 e. The predicted octanol–water partition coefficient (Wildman–Crippen LogP) is 1.07. The van der Waals surface area contributed by atoms with Crippen LogP contribution >= 0.6 is 0 Å². The largest absolute Gasteiger partial charge is 0.304 e. The molecule has 0 amide bonds. The topological polar surface area (TPSA) is 9.72 Å². The molecule has 0 spiro atoms. The molecule has 0 aromatic rings. The van der Waals surface area contributed by atoms with Gasteiger partial charge in [0.25, 0.3) is 0 Å². The molecule has 1 atom stereocenters. The van der Waals surface area contributed by atoms with Crippen molar-refractivity contribution in [3.8, 4) is 0 Å². The highest BCUT2D eigenvalue weighted by Crippen LogP contribution is 2.13. The molecule has 2 aliphatic rings. The second-order valence-corrected chi connectivity index (χ2v) is 5.24. The first kappa shape index (κ1) is 11.4. The van der Waals surface area contributed by atoms with Crippen molar-refractivity contribution < 1.29 is 0 Å². The fraction of sp³-hybridized carbons (Fsp3) is 1.00. The summed E-state index contributed by atoms with van der Waals surface area (Å²) in [4.78, 5) is 7.72. The van der Waals surface area contributed by atoms with Crippen LogP contribution in [0.4, 0.5) is 0 Å². The van der Waals surface area contributed by atoms with Gasteiger partial charge in [0.15, 0.2) is 0 Å². The van der Waals surface area contributed by atoms with Gasteiger partial charge in [0.1, 0.15) is 0 Å². The van der Waals surface area contributed by atoms with Crippen molar-refractivity contribution in [2.24, 2.45) is 0 Å². The molecule has 15 heavy (non-hydrogen) atoms. The van der Waals surface area contributed by atoms with Gasteiger partial charge in [0, 0.05) is 25.7 Å². The first-order valence-electron chi connectivity index (χ1n) is 6.40. The van der Waals surface area contributed by atoms with E-state index in [1.807, 2.05) is 0 Å². The Morgan fingerprint density at radius 3 is 2.40 bits per heavy atom. The van der Waals surface area contributed by atoms with Crippen LogP contribution in [0.5, 0.6) is 0 Å². The number of piperazine rings is 1. The number of piperidine rings is 1. The molecule has 0 aromatic heterocycles. The molecule has 88 valence electrons. The molecule has 0 aromatic carbocycles. The van der Waals surface area contributed by atoms with Gasteiger partial charge in [-0.2, -0.15) is 0 Å². The molecule has 3 nitrogen and oxygen atoms in total. The van der Waals surface area contributed by atoms with Crippen molar-refractivity contribution in [1.82, 2.24) is 14.7 Å². The average Bonchev–Trinajstić information content (AvgIpc) is 2.24. The average molecular weight is 211 g/mol. The number of nitrogens with zero attached hydrogens (tertiary/aromatic N) is 3. The lowest BCUT2D eigenvalue weighted by Gasteiger charge is -2.41. The van der Waals surface area contributed by atoms with Crippen LogP contribution in [0.2, 0.25) is 0 Å². The Kier molecular flexibility index (Phi) is 4.00. The summed E-state index contributed by atoms with van der Waals surface area (Å²) in [6, 6.07) is 0.727. The summed E-state index contributed by atoms with van der Waals surface area (Å²) < 4.78 is 0. The Morgan fingerprint density at radius 1 is 1.00 bits per heavy atom. The fourth-order valence-electron chi connectivity index (χ4n) is 2.75. The van der Waals surface area contributed by atoms with E-state index in [-0.39, 0.29) is 0 Å². The molecular formula is C12H25N3. The van der Waals surface area contributed by atoms with Gasteiger partial charge in [0.2, 0.25) is 0 Å². The lowest BCUT2D eigenvalue weighted by Crippen LogP contribution is -2.54.